The van der Waals surface area contributed by atoms with Crippen LogP contribution in [0.2, 0.25) is 0 Å². The van der Waals surface area contributed by atoms with E-state index in [2.05, 4.69) is 268 Å². The molecule has 8 aromatic carbocycles. The van der Waals surface area contributed by atoms with Crippen LogP contribution in [0.4, 0.5) is 8.78 Å². The van der Waals surface area contributed by atoms with Crippen LogP contribution in [0.3, 0.4) is 0 Å². The molecule has 0 spiro atoms. The van der Waals surface area contributed by atoms with Crippen molar-refractivity contribution in [2.24, 2.45) is 10.8 Å². The van der Waals surface area contributed by atoms with Gasteiger partial charge in [0, 0.05) is 56.6 Å². The van der Waals surface area contributed by atoms with E-state index in [0.29, 0.717) is 82.3 Å². The summed E-state index contributed by atoms with van der Waals surface area (Å²) in [5.74, 6) is 0.529. The largest absolute Gasteiger partial charge is 0.711 e. The molecule has 0 aliphatic rings. The van der Waals surface area contributed by atoms with Gasteiger partial charge in [0.05, 0.1) is 44.6 Å². The van der Waals surface area contributed by atoms with Crippen LogP contribution in [0.25, 0.3) is 77.2 Å². The molecule has 2 N–H and O–H groups in total. The molecule has 492 valence electrons. The minimum atomic E-state index is -0.419. The standard InChI is InChI=1S/C85H104F2N2O4/c1-51-27-31-61-62-32-28-54(81(10,11)12)42-70(62)88(69(61)37-51)73-45-57(84(19,20)49-79(4,5)6)40-65(75(73)90)67-47-59(86)38-52(2)77(67)92(23)35-25-26-36-93(24)78-53(3)39-60(87)48-68(78)66-41-58(85(21,22)50-80(7,8)9)46-74(76(66)91)89-71-43-55(82(13,14)15)29-33-63(71)64-34-30-56(44-72(64)89)83(16,17)18/h27-34,37-48,90-91H,23-26,35-36,49-50H2,1-22H3. The Kier molecular flexibility index (Phi) is 17.6. The Bertz CT molecular complexity index is 4460. The Morgan fingerprint density at radius 3 is 1.00 bits per heavy atom. The lowest BCUT2D eigenvalue weighted by atomic mass is 9.71. The zero-order valence-electron chi connectivity index (χ0n) is 60.1. The fraction of sp³-hybridized carbons (Fsp3) is 0.412. The molecule has 0 aliphatic heterocycles. The van der Waals surface area contributed by atoms with Crippen LogP contribution in [0.1, 0.15) is 202 Å². The maximum atomic E-state index is 16.4. The highest BCUT2D eigenvalue weighted by Crippen LogP contribution is 2.53. The Hall–Kier alpha value is -7.58. The maximum absolute atomic E-state index is 16.4. The van der Waals surface area contributed by atoms with E-state index < -0.39 is 11.6 Å². The second-order valence-electron chi connectivity index (χ2n) is 34.0. The smallest absolute Gasteiger partial charge is 0.237 e. The molecule has 0 bridgehead atoms. The lowest BCUT2D eigenvalue weighted by Gasteiger charge is -2.35. The number of hydrogen-bond acceptors (Lipinski definition) is 2. The maximum Gasteiger partial charge on any atom is 0.237 e. The van der Waals surface area contributed by atoms with E-state index in [4.69, 9.17) is 0 Å². The average Bonchev–Trinajstić information content (AvgIpc) is 1.63. The third-order valence-electron chi connectivity index (χ3n) is 19.1. The van der Waals surface area contributed by atoms with Gasteiger partial charge in [0.2, 0.25) is 11.5 Å². The summed E-state index contributed by atoms with van der Waals surface area (Å²) in [5.41, 5.74) is 14.0. The van der Waals surface area contributed by atoms with Gasteiger partial charge in [0.1, 0.15) is 36.3 Å². The molecule has 2 heterocycles. The summed E-state index contributed by atoms with van der Waals surface area (Å²) in [4.78, 5) is 0. The first kappa shape index (κ1) is 68.3. The van der Waals surface area contributed by atoms with Gasteiger partial charge in [-0.05, 0) is 192 Å². The zero-order valence-corrected chi connectivity index (χ0v) is 60.1. The van der Waals surface area contributed by atoms with Crippen molar-refractivity contribution in [3.63, 3.8) is 0 Å². The van der Waals surface area contributed by atoms with Gasteiger partial charge >= 0.3 is 0 Å². The summed E-state index contributed by atoms with van der Waals surface area (Å²) in [6, 6.07) is 41.2. The average molecular weight is 1260 g/mol. The minimum absolute atomic E-state index is 0.0331. The lowest BCUT2D eigenvalue weighted by molar-refractivity contribution is 0.00432. The van der Waals surface area contributed by atoms with Crippen LogP contribution in [0, 0.1) is 57.5 Å². The van der Waals surface area contributed by atoms with E-state index in [1.165, 1.54) is 41.0 Å². The topological polar surface area (TPSA) is 55.7 Å². The number of hydrogen-bond donors (Lipinski definition) is 2. The zero-order chi connectivity index (χ0) is 68.4. The van der Waals surface area contributed by atoms with Crippen LogP contribution in [0.15, 0.2) is 121 Å². The number of benzene rings is 8. The van der Waals surface area contributed by atoms with Crippen LogP contribution < -0.4 is 0 Å². The van der Waals surface area contributed by atoms with E-state index in [9.17, 15) is 10.2 Å². The molecule has 0 radical (unpaired) electrons. The molecule has 0 unspecified atom stereocenters. The Balaban J connectivity index is 1.05. The fourth-order valence-corrected chi connectivity index (χ4v) is 15.1. The number of rotatable bonds is 15. The first-order valence-electron chi connectivity index (χ1n) is 33.5. The van der Waals surface area contributed by atoms with Crippen molar-refractivity contribution < 1.29 is 27.7 Å². The van der Waals surface area contributed by atoms with Crippen LogP contribution in [-0.2, 0) is 35.8 Å². The molecule has 8 heteroatoms. The summed E-state index contributed by atoms with van der Waals surface area (Å²) in [6.07, 6.45) is 2.91. The number of nitrogens with zero attached hydrogens (tertiary/aromatic N) is 2. The normalized spacial score (nSPS) is 13.2. The number of phenols is 2. The molecule has 0 saturated carbocycles. The van der Waals surface area contributed by atoms with Gasteiger partial charge in [-0.25, -0.2) is 8.78 Å². The van der Waals surface area contributed by atoms with Crippen LogP contribution in [0.5, 0.6) is 23.0 Å². The summed E-state index contributed by atoms with van der Waals surface area (Å²) >= 11 is 0. The SMILES string of the molecule is [CH2-][O+](CCCC[O+]([CH2-])c1c(C)cc(F)cc1-c1cc(C(C)(C)CC(C)(C)C)cc(-n2c3cc(C(C)(C)C)ccc3c3ccc(C(C)(C)C)cc32)c1O)c1c(C)cc(F)cc1-c1cc(C(C)(C)CC(C)(C)C)cc(-n2c3cc(C)ccc3c3ccc(C(C)(C)C)cc32)c1O. The monoisotopic (exact) mass is 1250 g/mol. The molecule has 2 aromatic heterocycles. The number of unbranched alkanes of at least 4 members (excludes halogenated alkanes) is 1. The van der Waals surface area contributed by atoms with Gasteiger partial charge < -0.3 is 28.1 Å². The number of fused-ring (bicyclic) bond motifs is 6. The lowest BCUT2D eigenvalue weighted by Crippen LogP contribution is -2.25. The quantitative estimate of drug-likeness (QED) is 0.0611. The molecular weight excluding hydrogens is 1150 g/mol. The van der Waals surface area contributed by atoms with Gasteiger partial charge in [0.25, 0.3) is 0 Å². The number of aromatic nitrogens is 2. The van der Waals surface area contributed by atoms with Gasteiger partial charge in [-0.3, -0.25) is 0 Å². The third-order valence-corrected chi connectivity index (χ3v) is 19.1. The summed E-state index contributed by atoms with van der Waals surface area (Å²) in [5, 5.41) is 30.8. The van der Waals surface area contributed by atoms with Gasteiger partial charge in [-0.15, -0.1) is 0 Å². The highest BCUT2D eigenvalue weighted by atomic mass is 19.1. The van der Waals surface area contributed by atoms with E-state index >= 15 is 8.78 Å². The van der Waals surface area contributed by atoms with E-state index in [1.54, 1.807) is 0 Å². The van der Waals surface area contributed by atoms with E-state index in [0.717, 1.165) is 73.1 Å². The number of aromatic hydroxyl groups is 2. The number of phenolic OH excluding ortho intramolecular Hbond substituents is 2. The van der Waals surface area contributed by atoms with Gasteiger partial charge in [-0.2, -0.15) is 0 Å². The molecule has 10 aromatic rings. The van der Waals surface area contributed by atoms with Crippen LogP contribution >= 0.6 is 0 Å². The molecule has 10 rings (SSSR count). The Morgan fingerprint density at radius 1 is 0.376 bits per heavy atom. The van der Waals surface area contributed by atoms with Crippen molar-refractivity contribution >= 4 is 43.6 Å². The van der Waals surface area contributed by atoms with Crippen molar-refractivity contribution in [2.45, 2.75) is 205 Å². The van der Waals surface area contributed by atoms with Crippen molar-refractivity contribution in [1.82, 2.24) is 9.13 Å². The molecule has 0 fully saturated rings. The highest BCUT2D eigenvalue weighted by Gasteiger charge is 2.35. The van der Waals surface area contributed by atoms with Crippen molar-refractivity contribution in [3.8, 4) is 56.6 Å². The molecule has 0 atom stereocenters. The molecule has 0 amide bonds. The molecule has 0 saturated heterocycles. The first-order chi connectivity index (χ1) is 42.9. The van der Waals surface area contributed by atoms with Crippen LogP contribution in [-0.4, -0.2) is 32.6 Å². The predicted molar refractivity (Wildman–Crippen MR) is 391 cm³/mol. The van der Waals surface area contributed by atoms with E-state index in [1.807, 2.05) is 13.8 Å². The highest BCUT2D eigenvalue weighted by molar-refractivity contribution is 6.11. The van der Waals surface area contributed by atoms with Crippen molar-refractivity contribution in [2.75, 3.05) is 13.2 Å². The molecule has 93 heavy (non-hydrogen) atoms. The first-order valence-corrected chi connectivity index (χ1v) is 33.5. The van der Waals surface area contributed by atoms with Gasteiger partial charge in [-0.1, -0.05) is 180 Å². The number of aryl methyl sites for hydroxylation is 3. The summed E-state index contributed by atoms with van der Waals surface area (Å²) in [7, 11) is 9.16. The Morgan fingerprint density at radius 2 is 0.688 bits per heavy atom. The summed E-state index contributed by atoms with van der Waals surface area (Å²) < 4.78 is 43.3. The van der Waals surface area contributed by atoms with Crippen molar-refractivity contribution in [1.29, 1.82) is 0 Å². The second kappa shape index (κ2) is 24.0. The molecule has 6 nitrogen and oxygen atoms in total. The molecule has 0 aliphatic carbocycles. The molecular formula is C85H104F2N2O4. The fourth-order valence-electron chi connectivity index (χ4n) is 15.1. The number of halogens is 2. The minimum Gasteiger partial charge on any atom is -0.711 e. The van der Waals surface area contributed by atoms with Crippen molar-refractivity contribution in [3.05, 3.63) is 192 Å². The summed E-state index contributed by atoms with van der Waals surface area (Å²) in [6.45, 7) is 49.3. The third kappa shape index (κ3) is 13.6. The second-order valence-corrected chi connectivity index (χ2v) is 34.0. The Labute approximate surface area is 555 Å². The van der Waals surface area contributed by atoms with Gasteiger partial charge in [0.15, 0.2) is 0 Å². The predicted octanol–water partition coefficient (Wildman–Crippen LogP) is 24.7. The van der Waals surface area contributed by atoms with E-state index in [-0.39, 0.29) is 49.4 Å².